The van der Waals surface area contributed by atoms with Gasteiger partial charge in [-0.1, -0.05) is 6.07 Å². The minimum atomic E-state index is -5.08. The van der Waals surface area contributed by atoms with Gasteiger partial charge in [0.1, 0.15) is 5.75 Å². The lowest BCUT2D eigenvalue weighted by atomic mass is 10.0. The molecule has 0 amide bonds. The maximum Gasteiger partial charge on any atom is 0.490 e. The van der Waals surface area contributed by atoms with Crippen LogP contribution in [-0.2, 0) is 17.6 Å². The van der Waals surface area contributed by atoms with Crippen molar-refractivity contribution in [1.29, 1.82) is 0 Å². The maximum atomic E-state index is 10.6. The van der Waals surface area contributed by atoms with E-state index in [-0.39, 0.29) is 0 Å². The van der Waals surface area contributed by atoms with Crippen LogP contribution < -0.4 is 5.32 Å². The molecule has 1 aliphatic heterocycles. The first kappa shape index (κ1) is 15.3. The fourth-order valence-corrected chi connectivity index (χ4v) is 1.66. The van der Waals surface area contributed by atoms with Gasteiger partial charge in [-0.2, -0.15) is 13.2 Å². The first-order chi connectivity index (χ1) is 8.80. The number of hydrogen-bond acceptors (Lipinski definition) is 3. The van der Waals surface area contributed by atoms with Crippen molar-refractivity contribution in [3.63, 3.8) is 0 Å². The molecule has 0 aromatic heterocycles. The molecule has 0 fully saturated rings. The van der Waals surface area contributed by atoms with E-state index >= 15 is 0 Å². The summed E-state index contributed by atoms with van der Waals surface area (Å²) in [5, 5.41) is 19.7. The Bertz CT molecular complexity index is 446. The van der Waals surface area contributed by atoms with Gasteiger partial charge in [-0.05, 0) is 49.2 Å². The number of hydrogen-bond donors (Lipinski definition) is 3. The lowest BCUT2D eigenvalue weighted by Gasteiger charge is -2.04. The van der Waals surface area contributed by atoms with Crippen LogP contribution in [0.15, 0.2) is 18.2 Å². The third kappa shape index (κ3) is 5.17. The molecule has 7 heteroatoms. The van der Waals surface area contributed by atoms with Crippen molar-refractivity contribution in [2.24, 2.45) is 0 Å². The van der Waals surface area contributed by atoms with Crippen LogP contribution in [0.25, 0.3) is 0 Å². The zero-order valence-electron chi connectivity index (χ0n) is 10.00. The van der Waals surface area contributed by atoms with E-state index in [1.54, 1.807) is 6.07 Å². The maximum absolute atomic E-state index is 10.6. The number of carbonyl (C=O) groups is 1. The third-order valence-electron chi connectivity index (χ3n) is 2.57. The number of aliphatic carboxylic acids is 1. The number of halogens is 3. The highest BCUT2D eigenvalue weighted by Crippen LogP contribution is 2.18. The fraction of sp³-hybridized carbons (Fsp3) is 0.417. The van der Waals surface area contributed by atoms with Crippen LogP contribution >= 0.6 is 0 Å². The van der Waals surface area contributed by atoms with Crippen molar-refractivity contribution in [2.75, 3.05) is 13.1 Å². The second kappa shape index (κ2) is 6.42. The van der Waals surface area contributed by atoms with Gasteiger partial charge in [0.05, 0.1) is 0 Å². The number of rotatable bonds is 0. The summed E-state index contributed by atoms with van der Waals surface area (Å²) >= 11 is 0. The highest BCUT2D eigenvalue weighted by molar-refractivity contribution is 5.73. The van der Waals surface area contributed by atoms with Crippen LogP contribution in [0, 0.1) is 0 Å². The predicted octanol–water partition coefficient (Wildman–Crippen LogP) is 1.71. The topological polar surface area (TPSA) is 69.6 Å². The molecule has 1 heterocycles. The van der Waals surface area contributed by atoms with Gasteiger partial charge in [0.15, 0.2) is 0 Å². The summed E-state index contributed by atoms with van der Waals surface area (Å²) in [6.45, 7) is 2.08. The standard InChI is InChI=1S/C10H13NO.C2HF3O2/c12-10-2-1-8-3-5-11-6-4-9(8)7-10;3-2(4,5)1(6)7/h1-2,7,11-12H,3-6H2;(H,6,7). The van der Waals surface area contributed by atoms with Crippen molar-refractivity contribution in [3.05, 3.63) is 29.3 Å². The number of carboxylic acid groups (broad SMARTS) is 1. The second-order valence-electron chi connectivity index (χ2n) is 4.01. The summed E-state index contributed by atoms with van der Waals surface area (Å²) in [6, 6.07) is 5.67. The Labute approximate surface area is 107 Å². The van der Waals surface area contributed by atoms with Gasteiger partial charge in [0, 0.05) is 0 Å². The van der Waals surface area contributed by atoms with Gasteiger partial charge < -0.3 is 15.5 Å². The molecule has 0 saturated heterocycles. The number of benzene rings is 1. The Balaban J connectivity index is 0.000000224. The monoisotopic (exact) mass is 277 g/mol. The zero-order valence-corrected chi connectivity index (χ0v) is 10.00. The van der Waals surface area contributed by atoms with Gasteiger partial charge in [-0.3, -0.25) is 0 Å². The first-order valence-corrected chi connectivity index (χ1v) is 5.62. The van der Waals surface area contributed by atoms with Crippen LogP contribution in [0.3, 0.4) is 0 Å². The van der Waals surface area contributed by atoms with E-state index in [0.29, 0.717) is 5.75 Å². The molecular weight excluding hydrogens is 263 g/mol. The number of fused-ring (bicyclic) bond motifs is 1. The van der Waals surface area contributed by atoms with E-state index in [1.807, 2.05) is 12.1 Å². The summed E-state index contributed by atoms with van der Waals surface area (Å²) in [7, 11) is 0. The van der Waals surface area contributed by atoms with E-state index in [1.165, 1.54) is 11.1 Å². The molecule has 4 nitrogen and oxygen atoms in total. The predicted molar refractivity (Wildman–Crippen MR) is 62.1 cm³/mol. The largest absolute Gasteiger partial charge is 0.508 e. The Hall–Kier alpha value is -1.76. The summed E-state index contributed by atoms with van der Waals surface area (Å²) in [5.74, 6) is -2.37. The molecule has 3 N–H and O–H groups in total. The quantitative estimate of drug-likeness (QED) is 0.675. The smallest absolute Gasteiger partial charge is 0.490 e. The van der Waals surface area contributed by atoms with Gasteiger partial charge >= 0.3 is 12.1 Å². The molecule has 19 heavy (non-hydrogen) atoms. The molecule has 0 spiro atoms. The molecule has 2 rings (SSSR count). The first-order valence-electron chi connectivity index (χ1n) is 5.62. The number of phenolic OH excluding ortho intramolecular Hbond substituents is 1. The van der Waals surface area contributed by atoms with Crippen molar-refractivity contribution < 1.29 is 28.2 Å². The van der Waals surface area contributed by atoms with E-state index < -0.39 is 12.1 Å². The van der Waals surface area contributed by atoms with Crippen LogP contribution in [0.1, 0.15) is 11.1 Å². The van der Waals surface area contributed by atoms with Gasteiger partial charge in [0.25, 0.3) is 0 Å². The van der Waals surface area contributed by atoms with Crippen LogP contribution in [-0.4, -0.2) is 35.4 Å². The van der Waals surface area contributed by atoms with E-state index in [2.05, 4.69) is 5.32 Å². The number of carboxylic acids is 1. The summed E-state index contributed by atoms with van der Waals surface area (Å²) in [5.41, 5.74) is 2.66. The van der Waals surface area contributed by atoms with Gasteiger partial charge in [-0.25, -0.2) is 4.79 Å². The highest BCUT2D eigenvalue weighted by Gasteiger charge is 2.38. The Morgan fingerprint density at radius 1 is 1.16 bits per heavy atom. The fourth-order valence-electron chi connectivity index (χ4n) is 1.66. The molecule has 1 aromatic carbocycles. The SMILES string of the molecule is O=C(O)C(F)(F)F.Oc1ccc2c(c1)CCNCC2. The number of nitrogens with one attached hydrogen (secondary N) is 1. The van der Waals surface area contributed by atoms with Gasteiger partial charge in [-0.15, -0.1) is 0 Å². The molecular formula is C12H14F3NO3. The zero-order chi connectivity index (χ0) is 14.5. The highest BCUT2D eigenvalue weighted by atomic mass is 19.4. The second-order valence-corrected chi connectivity index (χ2v) is 4.01. The molecule has 1 aromatic rings. The lowest BCUT2D eigenvalue weighted by molar-refractivity contribution is -0.192. The Kier molecular flexibility index (Phi) is 5.17. The third-order valence-corrected chi connectivity index (χ3v) is 2.57. The molecule has 0 bridgehead atoms. The van der Waals surface area contributed by atoms with Crippen LogP contribution in [0.4, 0.5) is 13.2 Å². The molecule has 0 saturated carbocycles. The molecule has 0 radical (unpaired) electrons. The van der Waals surface area contributed by atoms with Crippen LogP contribution in [0.5, 0.6) is 5.75 Å². The van der Waals surface area contributed by atoms with Gasteiger partial charge in [0.2, 0.25) is 0 Å². The molecule has 0 unspecified atom stereocenters. The average Bonchev–Trinajstić information content (AvgIpc) is 2.53. The number of aromatic hydroxyl groups is 1. The van der Waals surface area contributed by atoms with E-state index in [0.717, 1.165) is 25.9 Å². The lowest BCUT2D eigenvalue weighted by Crippen LogP contribution is -2.21. The number of phenols is 1. The average molecular weight is 277 g/mol. The van der Waals surface area contributed by atoms with Crippen molar-refractivity contribution in [3.8, 4) is 5.75 Å². The summed E-state index contributed by atoms with van der Waals surface area (Å²) in [4.78, 5) is 8.90. The minimum Gasteiger partial charge on any atom is -0.508 e. The van der Waals surface area contributed by atoms with E-state index in [9.17, 15) is 18.3 Å². The Morgan fingerprint density at radius 3 is 2.21 bits per heavy atom. The summed E-state index contributed by atoms with van der Waals surface area (Å²) in [6.07, 6.45) is -2.97. The van der Waals surface area contributed by atoms with Crippen molar-refractivity contribution in [2.45, 2.75) is 19.0 Å². The molecule has 106 valence electrons. The minimum absolute atomic E-state index is 0.385. The van der Waals surface area contributed by atoms with Crippen molar-refractivity contribution in [1.82, 2.24) is 5.32 Å². The van der Waals surface area contributed by atoms with E-state index in [4.69, 9.17) is 9.90 Å². The molecule has 0 atom stereocenters. The van der Waals surface area contributed by atoms with Crippen molar-refractivity contribution >= 4 is 5.97 Å². The van der Waals surface area contributed by atoms with Crippen LogP contribution in [0.2, 0.25) is 0 Å². The molecule has 0 aliphatic carbocycles. The Morgan fingerprint density at radius 2 is 1.68 bits per heavy atom. The summed E-state index contributed by atoms with van der Waals surface area (Å²) < 4.78 is 31.7. The molecule has 1 aliphatic rings. The normalized spacial score (nSPS) is 14.7. The number of alkyl halides is 3.